The number of nitrogens with zero attached hydrogens (tertiary/aromatic N) is 6. The molecule has 0 unspecified atom stereocenters. The number of aromatic nitrogens is 6. The van der Waals surface area contributed by atoms with Crippen LogP contribution in [0.3, 0.4) is 0 Å². The van der Waals surface area contributed by atoms with E-state index < -0.39 is 6.10 Å². The maximum absolute atomic E-state index is 12.0. The predicted molar refractivity (Wildman–Crippen MR) is 89.8 cm³/mol. The number of hydrogen-bond acceptors (Lipinski definition) is 6. The number of H-pyrrole nitrogens is 1. The van der Waals surface area contributed by atoms with Gasteiger partial charge in [0.15, 0.2) is 0 Å². The molecule has 4 heterocycles. The van der Waals surface area contributed by atoms with Crippen LogP contribution in [0.15, 0.2) is 29.6 Å². The van der Waals surface area contributed by atoms with E-state index in [9.17, 15) is 9.90 Å². The monoisotopic (exact) mass is 343 g/mol. The van der Waals surface area contributed by atoms with E-state index in [1.54, 1.807) is 12.3 Å². The van der Waals surface area contributed by atoms with Crippen LogP contribution in [0.1, 0.15) is 30.5 Å². The lowest BCUT2D eigenvalue weighted by molar-refractivity contribution is 0.0489. The van der Waals surface area contributed by atoms with Gasteiger partial charge in [-0.1, -0.05) is 0 Å². The molecule has 0 saturated carbocycles. The minimum Gasteiger partial charge on any atom is -0.385 e. The number of aryl methyl sites for hydroxylation is 1. The van der Waals surface area contributed by atoms with Gasteiger partial charge in [-0.2, -0.15) is 4.52 Å². The average Bonchev–Trinajstić information content (AvgIpc) is 3.24. The lowest BCUT2D eigenvalue weighted by Crippen LogP contribution is -2.36. The fourth-order valence-corrected chi connectivity index (χ4v) is 3.48. The number of nitrogens with one attached hydrogen (secondary N) is 1. The summed E-state index contributed by atoms with van der Waals surface area (Å²) in [7, 11) is 1.90. The first-order valence-corrected chi connectivity index (χ1v) is 8.41. The Morgan fingerprint density at radius 1 is 1.36 bits per heavy atom. The van der Waals surface area contributed by atoms with Crippen molar-refractivity contribution in [3.05, 3.63) is 46.7 Å². The number of fused-ring (bicyclic) bond motifs is 1. The molecule has 0 bridgehead atoms. The quantitative estimate of drug-likeness (QED) is 0.696. The molecule has 3 aromatic heterocycles. The van der Waals surface area contributed by atoms with Gasteiger partial charge in [0, 0.05) is 32.1 Å². The SMILES string of the molecule is Cn1ccnc1[C@@H](O)C1CCN(Cc2cc(=O)n3[nH]cnc3n2)CC1. The van der Waals surface area contributed by atoms with E-state index in [0.717, 1.165) is 37.4 Å². The standard InChI is InChI=1S/C16H21N7O2/c1-21-7-4-17-15(21)14(25)11-2-5-22(6-3-11)9-12-8-13(24)23-16(20-12)18-10-19-23/h4,7-8,10-11,14,25H,2-3,5-6,9H2,1H3,(H,18,19,20)/t14-/m0/s1. The van der Waals surface area contributed by atoms with E-state index in [-0.39, 0.29) is 11.5 Å². The zero-order chi connectivity index (χ0) is 17.4. The Hall–Kier alpha value is -2.52. The van der Waals surface area contributed by atoms with Crippen LogP contribution in [0.5, 0.6) is 0 Å². The lowest BCUT2D eigenvalue weighted by atomic mass is 9.90. The van der Waals surface area contributed by atoms with Crippen LogP contribution in [0.2, 0.25) is 0 Å². The fraction of sp³-hybridized carbons (Fsp3) is 0.500. The molecule has 4 rings (SSSR count). The third-order valence-corrected chi connectivity index (χ3v) is 4.91. The van der Waals surface area contributed by atoms with Gasteiger partial charge in [0.2, 0.25) is 0 Å². The molecule has 1 aliphatic heterocycles. The molecule has 0 aromatic carbocycles. The van der Waals surface area contributed by atoms with Crippen molar-refractivity contribution in [2.45, 2.75) is 25.5 Å². The van der Waals surface area contributed by atoms with E-state index in [1.807, 2.05) is 17.8 Å². The lowest BCUT2D eigenvalue weighted by Gasteiger charge is -2.33. The minimum atomic E-state index is -0.537. The van der Waals surface area contributed by atoms with E-state index >= 15 is 0 Å². The maximum atomic E-state index is 12.0. The van der Waals surface area contributed by atoms with Crippen molar-refractivity contribution in [2.75, 3.05) is 13.1 Å². The van der Waals surface area contributed by atoms with Crippen molar-refractivity contribution >= 4 is 5.78 Å². The first kappa shape index (κ1) is 16.0. The molecular formula is C16H21N7O2. The van der Waals surface area contributed by atoms with Gasteiger partial charge in [0.25, 0.3) is 11.3 Å². The van der Waals surface area contributed by atoms with E-state index in [4.69, 9.17) is 0 Å². The average molecular weight is 343 g/mol. The van der Waals surface area contributed by atoms with Gasteiger partial charge in [0.05, 0.1) is 5.69 Å². The van der Waals surface area contributed by atoms with Crippen LogP contribution in [-0.4, -0.2) is 52.2 Å². The molecule has 1 aliphatic rings. The van der Waals surface area contributed by atoms with Crippen molar-refractivity contribution in [3.8, 4) is 0 Å². The van der Waals surface area contributed by atoms with Crippen molar-refractivity contribution in [1.29, 1.82) is 0 Å². The highest BCUT2D eigenvalue weighted by molar-refractivity contribution is 5.26. The molecule has 132 valence electrons. The molecule has 0 amide bonds. The van der Waals surface area contributed by atoms with E-state index in [2.05, 4.69) is 25.0 Å². The highest BCUT2D eigenvalue weighted by Gasteiger charge is 2.28. The summed E-state index contributed by atoms with van der Waals surface area (Å²) in [6.45, 7) is 2.32. The third kappa shape index (κ3) is 3.08. The van der Waals surface area contributed by atoms with Gasteiger partial charge in [-0.05, 0) is 31.8 Å². The number of aliphatic hydroxyl groups excluding tert-OH is 1. The first-order chi connectivity index (χ1) is 12.1. The summed E-state index contributed by atoms with van der Waals surface area (Å²) >= 11 is 0. The number of likely N-dealkylation sites (tertiary alicyclic amines) is 1. The van der Waals surface area contributed by atoms with Gasteiger partial charge in [0.1, 0.15) is 18.3 Å². The van der Waals surface area contributed by atoms with Crippen LogP contribution >= 0.6 is 0 Å². The smallest absolute Gasteiger partial charge is 0.274 e. The third-order valence-electron chi connectivity index (χ3n) is 4.91. The Morgan fingerprint density at radius 3 is 2.88 bits per heavy atom. The van der Waals surface area contributed by atoms with Gasteiger partial charge in [-0.15, -0.1) is 0 Å². The summed E-state index contributed by atoms with van der Waals surface area (Å²) in [6, 6.07) is 1.54. The number of imidazole rings is 1. The first-order valence-electron chi connectivity index (χ1n) is 8.41. The van der Waals surface area contributed by atoms with Crippen molar-refractivity contribution in [3.63, 3.8) is 0 Å². The summed E-state index contributed by atoms with van der Waals surface area (Å²) in [4.78, 5) is 27.0. The second-order valence-electron chi connectivity index (χ2n) is 6.56. The molecule has 0 radical (unpaired) electrons. The van der Waals surface area contributed by atoms with Crippen molar-refractivity contribution in [1.82, 2.24) is 34.0 Å². The molecule has 9 heteroatoms. The Morgan fingerprint density at radius 2 is 2.16 bits per heavy atom. The molecular weight excluding hydrogens is 322 g/mol. The van der Waals surface area contributed by atoms with Gasteiger partial charge in [-0.3, -0.25) is 14.8 Å². The predicted octanol–water partition coefficient (Wildman–Crippen LogP) is 0.0967. The molecule has 9 nitrogen and oxygen atoms in total. The Kier molecular flexibility index (Phi) is 4.10. The second-order valence-corrected chi connectivity index (χ2v) is 6.56. The Balaban J connectivity index is 1.40. The van der Waals surface area contributed by atoms with Crippen molar-refractivity contribution in [2.24, 2.45) is 13.0 Å². The molecule has 0 spiro atoms. The zero-order valence-electron chi connectivity index (χ0n) is 14.0. The van der Waals surface area contributed by atoms with Crippen LogP contribution in [0.25, 0.3) is 5.78 Å². The number of piperidine rings is 1. The molecule has 3 aromatic rings. The minimum absolute atomic E-state index is 0.155. The Labute approximate surface area is 144 Å². The van der Waals surface area contributed by atoms with Crippen LogP contribution in [-0.2, 0) is 13.6 Å². The second kappa shape index (κ2) is 6.41. The van der Waals surface area contributed by atoms with Crippen LogP contribution in [0, 0.1) is 5.92 Å². The molecule has 1 saturated heterocycles. The van der Waals surface area contributed by atoms with Gasteiger partial charge < -0.3 is 9.67 Å². The number of hydrogen-bond donors (Lipinski definition) is 2. The summed E-state index contributed by atoms with van der Waals surface area (Å²) < 4.78 is 3.19. The van der Waals surface area contributed by atoms with E-state index in [1.165, 1.54) is 10.8 Å². The number of aliphatic hydroxyl groups is 1. The van der Waals surface area contributed by atoms with Crippen LogP contribution in [0.4, 0.5) is 0 Å². The summed E-state index contributed by atoms with van der Waals surface area (Å²) in [6.07, 6.45) is 6.25. The molecule has 0 aliphatic carbocycles. The summed E-state index contributed by atoms with van der Waals surface area (Å²) in [5.41, 5.74) is 0.567. The topological polar surface area (TPSA) is 104 Å². The largest absolute Gasteiger partial charge is 0.385 e. The highest BCUT2D eigenvalue weighted by atomic mass is 16.3. The number of aromatic amines is 1. The fourth-order valence-electron chi connectivity index (χ4n) is 3.48. The highest BCUT2D eigenvalue weighted by Crippen LogP contribution is 2.30. The molecule has 25 heavy (non-hydrogen) atoms. The zero-order valence-corrected chi connectivity index (χ0v) is 14.0. The Bertz CT molecular complexity index is 920. The number of rotatable bonds is 4. The van der Waals surface area contributed by atoms with E-state index in [0.29, 0.717) is 12.3 Å². The van der Waals surface area contributed by atoms with Crippen molar-refractivity contribution < 1.29 is 5.11 Å². The molecule has 1 fully saturated rings. The van der Waals surface area contributed by atoms with Crippen LogP contribution < -0.4 is 5.56 Å². The van der Waals surface area contributed by atoms with Gasteiger partial charge >= 0.3 is 0 Å². The van der Waals surface area contributed by atoms with Gasteiger partial charge in [-0.25, -0.2) is 15.0 Å². The normalized spacial score (nSPS) is 18.0. The molecule has 2 N–H and O–H groups in total. The maximum Gasteiger partial charge on any atom is 0.274 e. The summed E-state index contributed by atoms with van der Waals surface area (Å²) in [5, 5.41) is 13.3. The molecule has 1 atom stereocenters. The summed E-state index contributed by atoms with van der Waals surface area (Å²) in [5.74, 6) is 1.31.